The Kier molecular flexibility index (Phi) is 7.90. The maximum Gasteiger partial charge on any atom is 0.0945 e. The molecule has 5 heteroatoms. The minimum Gasteiger partial charge on any atom is -0.389 e. The quantitative estimate of drug-likeness (QED) is 0.674. The minimum absolute atomic E-state index is 0.374. The van der Waals surface area contributed by atoms with E-state index >= 15 is 0 Å². The van der Waals surface area contributed by atoms with Crippen molar-refractivity contribution in [1.29, 1.82) is 0 Å². The van der Waals surface area contributed by atoms with Gasteiger partial charge in [-0.15, -0.1) is 0 Å². The summed E-state index contributed by atoms with van der Waals surface area (Å²) in [6, 6.07) is 5.88. The molecule has 0 fully saturated rings. The molecule has 3 nitrogen and oxygen atoms in total. The number of aliphatic hydroxyl groups is 1. The summed E-state index contributed by atoms with van der Waals surface area (Å²) < 4.78 is 7.35. The van der Waals surface area contributed by atoms with E-state index in [4.69, 9.17) is 4.74 Å². The fraction of sp³-hybridized carbons (Fsp3) is 0.538. The van der Waals surface area contributed by atoms with Crippen molar-refractivity contribution in [2.24, 2.45) is 0 Å². The van der Waals surface area contributed by atoms with Gasteiger partial charge in [0.05, 0.1) is 12.7 Å². The first-order valence-electron chi connectivity index (χ1n) is 6.08. The monoisotopic (exact) mass is 379 g/mol. The van der Waals surface area contributed by atoms with E-state index in [1.54, 1.807) is 0 Å². The summed E-state index contributed by atoms with van der Waals surface area (Å²) in [7, 11) is 0. The molecular weight excluding hydrogens is 362 g/mol. The molecule has 0 aromatic heterocycles. The molecule has 0 bridgehead atoms. The molecule has 1 aromatic rings. The number of unbranched alkanes of at least 4 members (excludes halogenated alkanes) is 1. The van der Waals surface area contributed by atoms with Gasteiger partial charge >= 0.3 is 0 Å². The van der Waals surface area contributed by atoms with E-state index in [2.05, 4.69) is 44.1 Å². The highest BCUT2D eigenvalue weighted by Gasteiger charge is 2.06. The number of aliphatic hydroxyl groups excluding tert-OH is 1. The fourth-order valence-corrected chi connectivity index (χ4v) is 2.13. The molecule has 1 atom stereocenters. The first-order chi connectivity index (χ1) is 8.63. The highest BCUT2D eigenvalue weighted by molar-refractivity contribution is 9.11. The van der Waals surface area contributed by atoms with Gasteiger partial charge in [-0.05, 0) is 40.5 Å². The smallest absolute Gasteiger partial charge is 0.0945 e. The Hall–Kier alpha value is -0.100. The van der Waals surface area contributed by atoms with Crippen LogP contribution in [-0.2, 0) is 4.74 Å². The van der Waals surface area contributed by atoms with Crippen molar-refractivity contribution >= 4 is 37.5 Å². The predicted molar refractivity (Wildman–Crippen MR) is 82.1 cm³/mol. The average molecular weight is 381 g/mol. The summed E-state index contributed by atoms with van der Waals surface area (Å²) in [6.45, 7) is 3.68. The Labute approximate surface area is 125 Å². The number of nitrogens with one attached hydrogen (secondary N) is 1. The van der Waals surface area contributed by atoms with E-state index in [-0.39, 0.29) is 0 Å². The van der Waals surface area contributed by atoms with Gasteiger partial charge in [-0.1, -0.05) is 29.3 Å². The molecule has 0 amide bonds. The van der Waals surface area contributed by atoms with Crippen LogP contribution in [-0.4, -0.2) is 31.0 Å². The van der Waals surface area contributed by atoms with E-state index in [1.165, 1.54) is 0 Å². The molecule has 0 radical (unpaired) electrons. The van der Waals surface area contributed by atoms with Gasteiger partial charge in [0.15, 0.2) is 0 Å². The van der Waals surface area contributed by atoms with Crippen LogP contribution >= 0.6 is 31.9 Å². The topological polar surface area (TPSA) is 41.5 Å². The second-order valence-electron chi connectivity index (χ2n) is 4.09. The Morgan fingerprint density at radius 1 is 1.39 bits per heavy atom. The van der Waals surface area contributed by atoms with Crippen molar-refractivity contribution in [3.63, 3.8) is 0 Å². The Balaban J connectivity index is 2.29. The summed E-state index contributed by atoms with van der Waals surface area (Å²) in [5, 5.41) is 12.9. The minimum atomic E-state index is -0.493. The summed E-state index contributed by atoms with van der Waals surface area (Å²) in [4.78, 5) is 0. The molecule has 0 aliphatic rings. The third-order valence-electron chi connectivity index (χ3n) is 2.41. The first-order valence-corrected chi connectivity index (χ1v) is 7.66. The maximum atomic E-state index is 9.76. The van der Waals surface area contributed by atoms with Gasteiger partial charge in [0.2, 0.25) is 0 Å². The largest absolute Gasteiger partial charge is 0.389 e. The zero-order valence-corrected chi connectivity index (χ0v) is 13.6. The fourth-order valence-electron chi connectivity index (χ4n) is 1.39. The lowest BCUT2D eigenvalue weighted by Gasteiger charge is -2.14. The van der Waals surface area contributed by atoms with Crippen molar-refractivity contribution in [3.8, 4) is 0 Å². The van der Waals surface area contributed by atoms with Gasteiger partial charge < -0.3 is 15.2 Å². The second-order valence-corrected chi connectivity index (χ2v) is 5.86. The Bertz CT molecular complexity index is 361. The van der Waals surface area contributed by atoms with Crippen LogP contribution in [0.3, 0.4) is 0 Å². The number of hydrogen-bond acceptors (Lipinski definition) is 3. The Morgan fingerprint density at radius 3 is 2.89 bits per heavy atom. The molecule has 0 heterocycles. The molecule has 102 valence electrons. The lowest BCUT2D eigenvalue weighted by Crippen LogP contribution is -2.25. The van der Waals surface area contributed by atoms with Crippen LogP contribution in [0.5, 0.6) is 0 Å². The maximum absolute atomic E-state index is 9.76. The standard InChI is InChI=1S/C13H19Br2NO2/c1-2-3-6-18-9-11(17)8-16-13-7-10(14)4-5-12(13)15/h4-5,7,11,16-17H,2-3,6,8-9H2,1H3. The number of rotatable bonds is 8. The predicted octanol–water partition coefficient (Wildman–Crippen LogP) is 3.80. The van der Waals surface area contributed by atoms with E-state index in [1.807, 2.05) is 18.2 Å². The zero-order valence-electron chi connectivity index (χ0n) is 10.5. The summed E-state index contributed by atoms with van der Waals surface area (Å²) >= 11 is 6.87. The summed E-state index contributed by atoms with van der Waals surface area (Å²) in [6.07, 6.45) is 1.66. The number of ether oxygens (including phenoxy) is 1. The van der Waals surface area contributed by atoms with E-state index in [0.717, 1.165) is 27.5 Å². The molecule has 0 spiro atoms. The normalized spacial score (nSPS) is 12.4. The number of hydrogen-bond donors (Lipinski definition) is 2. The molecule has 1 unspecified atom stereocenters. The van der Waals surface area contributed by atoms with Gasteiger partial charge in [-0.2, -0.15) is 0 Å². The SMILES string of the molecule is CCCCOCC(O)CNc1cc(Br)ccc1Br. The third kappa shape index (κ3) is 6.18. The van der Waals surface area contributed by atoms with Gasteiger partial charge in [-0.3, -0.25) is 0 Å². The number of anilines is 1. The van der Waals surface area contributed by atoms with Gasteiger partial charge in [-0.25, -0.2) is 0 Å². The van der Waals surface area contributed by atoms with E-state index in [0.29, 0.717) is 19.8 Å². The molecule has 1 aromatic carbocycles. The molecule has 0 saturated heterocycles. The summed E-state index contributed by atoms with van der Waals surface area (Å²) in [5.41, 5.74) is 0.956. The molecule has 2 N–H and O–H groups in total. The molecule has 0 aliphatic carbocycles. The third-order valence-corrected chi connectivity index (χ3v) is 3.59. The van der Waals surface area contributed by atoms with Crippen molar-refractivity contribution < 1.29 is 9.84 Å². The zero-order chi connectivity index (χ0) is 13.4. The highest BCUT2D eigenvalue weighted by Crippen LogP contribution is 2.25. The van der Waals surface area contributed by atoms with Crippen LogP contribution in [0.15, 0.2) is 27.1 Å². The van der Waals surface area contributed by atoms with Crippen molar-refractivity contribution in [3.05, 3.63) is 27.1 Å². The second kappa shape index (κ2) is 8.91. The van der Waals surface area contributed by atoms with Crippen molar-refractivity contribution in [2.75, 3.05) is 25.1 Å². The molecule has 0 saturated carbocycles. The average Bonchev–Trinajstić information content (AvgIpc) is 2.36. The highest BCUT2D eigenvalue weighted by atomic mass is 79.9. The lowest BCUT2D eigenvalue weighted by atomic mass is 10.3. The van der Waals surface area contributed by atoms with Crippen LogP contribution in [0.2, 0.25) is 0 Å². The molecular formula is C13H19Br2NO2. The number of halogens is 2. The van der Waals surface area contributed by atoms with Gasteiger partial charge in [0.1, 0.15) is 0 Å². The van der Waals surface area contributed by atoms with E-state index < -0.39 is 6.10 Å². The molecule has 1 rings (SSSR count). The lowest BCUT2D eigenvalue weighted by molar-refractivity contribution is 0.0421. The van der Waals surface area contributed by atoms with E-state index in [9.17, 15) is 5.11 Å². The first kappa shape index (κ1) is 16.0. The Morgan fingerprint density at radius 2 is 2.17 bits per heavy atom. The van der Waals surface area contributed by atoms with Gasteiger partial charge in [0, 0.05) is 27.8 Å². The molecule has 18 heavy (non-hydrogen) atoms. The van der Waals surface area contributed by atoms with Crippen LogP contribution in [0.1, 0.15) is 19.8 Å². The van der Waals surface area contributed by atoms with Crippen molar-refractivity contribution in [1.82, 2.24) is 0 Å². The van der Waals surface area contributed by atoms with Crippen LogP contribution in [0, 0.1) is 0 Å². The van der Waals surface area contributed by atoms with Gasteiger partial charge in [0.25, 0.3) is 0 Å². The summed E-state index contributed by atoms with van der Waals surface area (Å²) in [5.74, 6) is 0. The van der Waals surface area contributed by atoms with Crippen LogP contribution < -0.4 is 5.32 Å². The molecule has 0 aliphatic heterocycles. The number of benzene rings is 1. The van der Waals surface area contributed by atoms with Crippen molar-refractivity contribution in [2.45, 2.75) is 25.9 Å². The van der Waals surface area contributed by atoms with Crippen LogP contribution in [0.25, 0.3) is 0 Å². The van der Waals surface area contributed by atoms with Crippen LogP contribution in [0.4, 0.5) is 5.69 Å².